The third-order valence-corrected chi connectivity index (χ3v) is 4.37. The van der Waals surface area contributed by atoms with Crippen molar-refractivity contribution >= 4 is 0 Å². The smallest absolute Gasteiger partial charge is 0.0211 e. The van der Waals surface area contributed by atoms with Crippen molar-refractivity contribution in [3.05, 3.63) is 11.3 Å². The van der Waals surface area contributed by atoms with Gasteiger partial charge in [0, 0.05) is 37.3 Å². The molecule has 0 amide bonds. The van der Waals surface area contributed by atoms with Gasteiger partial charge in [-0.3, -0.25) is 0 Å². The molecule has 84 valence electrons. The summed E-state index contributed by atoms with van der Waals surface area (Å²) in [4.78, 5) is 5.21. The zero-order valence-corrected chi connectivity index (χ0v) is 10.1. The fourth-order valence-corrected chi connectivity index (χ4v) is 4.03. The quantitative estimate of drug-likeness (QED) is 0.599. The summed E-state index contributed by atoms with van der Waals surface area (Å²) in [7, 11) is 2.28. The molecular formula is C13H22N2. The van der Waals surface area contributed by atoms with Gasteiger partial charge >= 0.3 is 0 Å². The number of likely N-dealkylation sites (N-methyl/N-ethyl adjacent to an activating group) is 1. The first-order chi connectivity index (χ1) is 7.19. The van der Waals surface area contributed by atoms with Crippen molar-refractivity contribution < 1.29 is 0 Å². The molecule has 3 aliphatic heterocycles. The van der Waals surface area contributed by atoms with Gasteiger partial charge in [-0.1, -0.05) is 6.92 Å². The Kier molecular flexibility index (Phi) is 2.10. The van der Waals surface area contributed by atoms with E-state index in [4.69, 9.17) is 0 Å². The molecule has 0 aromatic carbocycles. The van der Waals surface area contributed by atoms with E-state index in [1.165, 1.54) is 51.9 Å². The van der Waals surface area contributed by atoms with Gasteiger partial charge in [0.05, 0.1) is 0 Å². The zero-order valence-electron chi connectivity index (χ0n) is 10.1. The Morgan fingerprint density at radius 1 is 1.20 bits per heavy atom. The summed E-state index contributed by atoms with van der Waals surface area (Å²) >= 11 is 0. The SMILES string of the molecule is CN1CC2=C3N(CCC2)CCCC3(C)C1. The van der Waals surface area contributed by atoms with E-state index in [1.54, 1.807) is 11.3 Å². The molecule has 15 heavy (non-hydrogen) atoms. The Balaban J connectivity index is 2.05. The highest BCUT2D eigenvalue weighted by atomic mass is 15.2. The predicted octanol–water partition coefficient (Wildman–Crippen LogP) is 2.08. The first-order valence-corrected chi connectivity index (χ1v) is 6.35. The molecule has 0 saturated carbocycles. The van der Waals surface area contributed by atoms with Crippen LogP contribution in [-0.2, 0) is 0 Å². The molecule has 0 aromatic rings. The molecule has 0 bridgehead atoms. The third kappa shape index (κ3) is 1.42. The highest BCUT2D eigenvalue weighted by Gasteiger charge is 2.42. The lowest BCUT2D eigenvalue weighted by Crippen LogP contribution is -2.51. The first kappa shape index (κ1) is 9.71. The lowest BCUT2D eigenvalue weighted by molar-refractivity contribution is 0.0945. The summed E-state index contributed by atoms with van der Waals surface area (Å²) in [5, 5.41) is 0. The van der Waals surface area contributed by atoms with E-state index >= 15 is 0 Å². The zero-order chi connectivity index (χ0) is 10.5. The lowest BCUT2D eigenvalue weighted by Gasteiger charge is -2.52. The second kappa shape index (κ2) is 3.24. The molecule has 3 rings (SSSR count). The van der Waals surface area contributed by atoms with Gasteiger partial charge in [-0.2, -0.15) is 0 Å². The lowest BCUT2D eigenvalue weighted by atomic mass is 9.72. The maximum absolute atomic E-state index is 2.69. The van der Waals surface area contributed by atoms with Crippen LogP contribution in [0.25, 0.3) is 0 Å². The summed E-state index contributed by atoms with van der Waals surface area (Å²) in [6, 6.07) is 0. The van der Waals surface area contributed by atoms with Crippen LogP contribution in [0.4, 0.5) is 0 Å². The highest BCUT2D eigenvalue weighted by molar-refractivity contribution is 5.29. The molecule has 2 nitrogen and oxygen atoms in total. The Labute approximate surface area is 92.9 Å². The van der Waals surface area contributed by atoms with Crippen molar-refractivity contribution in [3.8, 4) is 0 Å². The van der Waals surface area contributed by atoms with Gasteiger partial charge in [-0.25, -0.2) is 0 Å². The molecule has 2 heteroatoms. The molecule has 0 radical (unpaired) electrons. The fourth-order valence-electron chi connectivity index (χ4n) is 4.03. The van der Waals surface area contributed by atoms with Crippen LogP contribution in [0.2, 0.25) is 0 Å². The fraction of sp³-hybridized carbons (Fsp3) is 0.846. The van der Waals surface area contributed by atoms with E-state index < -0.39 is 0 Å². The minimum absolute atomic E-state index is 0.473. The van der Waals surface area contributed by atoms with Gasteiger partial charge in [0.2, 0.25) is 0 Å². The molecule has 1 saturated heterocycles. The van der Waals surface area contributed by atoms with E-state index in [0.29, 0.717) is 5.41 Å². The minimum Gasteiger partial charge on any atom is -0.374 e. The monoisotopic (exact) mass is 206 g/mol. The van der Waals surface area contributed by atoms with E-state index in [1.807, 2.05) is 0 Å². The van der Waals surface area contributed by atoms with E-state index in [-0.39, 0.29) is 0 Å². The maximum Gasteiger partial charge on any atom is 0.0211 e. The van der Waals surface area contributed by atoms with Gasteiger partial charge in [0.1, 0.15) is 0 Å². The van der Waals surface area contributed by atoms with Crippen LogP contribution in [0, 0.1) is 5.41 Å². The van der Waals surface area contributed by atoms with Crippen LogP contribution in [0.1, 0.15) is 32.6 Å². The number of hydrogen-bond donors (Lipinski definition) is 0. The maximum atomic E-state index is 2.69. The normalized spacial score (nSPS) is 36.8. The minimum atomic E-state index is 0.473. The molecule has 3 aliphatic rings. The van der Waals surface area contributed by atoms with Gasteiger partial charge in [0.15, 0.2) is 0 Å². The van der Waals surface area contributed by atoms with Gasteiger partial charge in [0.25, 0.3) is 0 Å². The van der Waals surface area contributed by atoms with Crippen LogP contribution < -0.4 is 0 Å². The second-order valence-electron chi connectivity index (χ2n) is 5.88. The van der Waals surface area contributed by atoms with E-state index in [0.717, 1.165) is 0 Å². The predicted molar refractivity (Wildman–Crippen MR) is 62.7 cm³/mol. The molecular weight excluding hydrogens is 184 g/mol. The summed E-state index contributed by atoms with van der Waals surface area (Å²) in [5.41, 5.74) is 3.97. The van der Waals surface area contributed by atoms with Gasteiger partial charge in [-0.15, -0.1) is 0 Å². The van der Waals surface area contributed by atoms with Gasteiger partial charge in [-0.05, 0) is 38.3 Å². The summed E-state index contributed by atoms with van der Waals surface area (Å²) in [5.74, 6) is 0. The summed E-state index contributed by atoms with van der Waals surface area (Å²) in [6.45, 7) is 7.61. The Morgan fingerprint density at radius 3 is 2.87 bits per heavy atom. The molecule has 1 unspecified atom stereocenters. The van der Waals surface area contributed by atoms with Crippen molar-refractivity contribution in [2.45, 2.75) is 32.6 Å². The molecule has 0 aliphatic carbocycles. The molecule has 3 heterocycles. The summed E-state index contributed by atoms with van der Waals surface area (Å²) in [6.07, 6.45) is 5.52. The van der Waals surface area contributed by atoms with Crippen LogP contribution in [0.3, 0.4) is 0 Å². The molecule has 0 spiro atoms. The largest absolute Gasteiger partial charge is 0.374 e. The molecule has 1 atom stereocenters. The van der Waals surface area contributed by atoms with E-state index in [9.17, 15) is 0 Å². The average molecular weight is 206 g/mol. The number of rotatable bonds is 0. The van der Waals surface area contributed by atoms with Crippen molar-refractivity contribution in [3.63, 3.8) is 0 Å². The first-order valence-electron chi connectivity index (χ1n) is 6.35. The van der Waals surface area contributed by atoms with Crippen molar-refractivity contribution in [1.82, 2.24) is 9.80 Å². The van der Waals surface area contributed by atoms with Crippen LogP contribution >= 0.6 is 0 Å². The number of hydrogen-bond acceptors (Lipinski definition) is 2. The topological polar surface area (TPSA) is 6.48 Å². The van der Waals surface area contributed by atoms with Crippen molar-refractivity contribution in [1.29, 1.82) is 0 Å². The molecule has 0 aromatic heterocycles. The Morgan fingerprint density at radius 2 is 2.00 bits per heavy atom. The second-order valence-corrected chi connectivity index (χ2v) is 5.88. The van der Waals surface area contributed by atoms with E-state index in [2.05, 4.69) is 23.8 Å². The van der Waals surface area contributed by atoms with Crippen molar-refractivity contribution in [2.75, 3.05) is 33.2 Å². The van der Waals surface area contributed by atoms with Crippen molar-refractivity contribution in [2.24, 2.45) is 5.41 Å². The highest BCUT2D eigenvalue weighted by Crippen LogP contribution is 2.46. The molecule has 1 fully saturated rings. The Hall–Kier alpha value is -0.500. The summed E-state index contributed by atoms with van der Waals surface area (Å²) < 4.78 is 0. The average Bonchev–Trinajstić information content (AvgIpc) is 2.16. The third-order valence-electron chi connectivity index (χ3n) is 4.37. The number of piperidine rings is 1. The van der Waals surface area contributed by atoms with Crippen LogP contribution in [0.15, 0.2) is 11.3 Å². The van der Waals surface area contributed by atoms with Crippen LogP contribution in [-0.4, -0.2) is 43.0 Å². The van der Waals surface area contributed by atoms with Gasteiger partial charge < -0.3 is 9.80 Å². The Bertz CT molecular complexity index is 308. The number of nitrogens with zero attached hydrogens (tertiary/aromatic N) is 2. The standard InChI is InChI=1S/C13H22N2/c1-13-6-4-8-15-7-3-5-11(12(13)15)9-14(2)10-13/h3-10H2,1-2H3. The van der Waals surface area contributed by atoms with Crippen LogP contribution in [0.5, 0.6) is 0 Å². The molecule has 0 N–H and O–H groups in total.